The van der Waals surface area contributed by atoms with Crippen molar-refractivity contribution in [2.24, 2.45) is 0 Å². The van der Waals surface area contributed by atoms with E-state index >= 15 is 0 Å². The molecule has 2 unspecified atom stereocenters. The highest BCUT2D eigenvalue weighted by atomic mass is 33.1. The van der Waals surface area contributed by atoms with E-state index in [4.69, 9.17) is 4.52 Å². The molecule has 0 saturated heterocycles. The van der Waals surface area contributed by atoms with Crippen LogP contribution in [0.2, 0.25) is 0 Å². The van der Waals surface area contributed by atoms with E-state index in [-0.39, 0.29) is 42.4 Å². The molecule has 1 aliphatic rings. The minimum absolute atomic E-state index is 0.0159. The van der Waals surface area contributed by atoms with Gasteiger partial charge in [-0.15, -0.1) is 0 Å². The summed E-state index contributed by atoms with van der Waals surface area (Å²) in [6.45, 7) is 7.18. The number of carbonyl (C=O) groups excluding carboxylic acids is 3. The number of rotatable bonds is 19. The molecule has 0 aliphatic carbocycles. The van der Waals surface area contributed by atoms with Gasteiger partial charge < -0.3 is 25.0 Å². The minimum Gasteiger partial charge on any atom is -0.356 e. The number of nitrogens with zero attached hydrogens (tertiary/aromatic N) is 1. The average molecular weight is 690 g/mol. The molecule has 9 nitrogen and oxygen atoms in total. The number of hydrogen-bond acceptors (Lipinski definition) is 7. The van der Waals surface area contributed by atoms with Gasteiger partial charge in [-0.2, -0.15) is 0 Å². The van der Waals surface area contributed by atoms with Crippen molar-refractivity contribution in [1.82, 2.24) is 10.6 Å². The number of nitrogens with one attached hydrogen (secondary N) is 2. The van der Waals surface area contributed by atoms with Gasteiger partial charge >= 0.3 is 7.60 Å². The van der Waals surface area contributed by atoms with Crippen molar-refractivity contribution in [1.29, 1.82) is 0 Å². The number of benzene rings is 2. The van der Waals surface area contributed by atoms with Gasteiger partial charge in [-0.1, -0.05) is 110 Å². The van der Waals surface area contributed by atoms with Gasteiger partial charge in [0, 0.05) is 43.4 Å². The lowest BCUT2D eigenvalue weighted by atomic mass is 10.0. The zero-order chi connectivity index (χ0) is 33.4. The van der Waals surface area contributed by atoms with Crippen LogP contribution in [0.5, 0.6) is 0 Å². The summed E-state index contributed by atoms with van der Waals surface area (Å²) >= 11 is 0. The fraction of sp³-hybridized carbons (Fsp3) is 0.500. The van der Waals surface area contributed by atoms with E-state index in [2.05, 4.69) is 16.7 Å². The SMILES string of the molecule is CC(CC(=O)NCCCCCCOP(=O)(O)C(C)C)SSCCNC(=O)CCC(=O)N1Cc2ccccc2/C=C\c2ccccc21. The van der Waals surface area contributed by atoms with Crippen LogP contribution in [0, 0.1) is 0 Å². The highest BCUT2D eigenvalue weighted by Gasteiger charge is 2.24. The van der Waals surface area contributed by atoms with E-state index in [1.54, 1.807) is 40.3 Å². The third-order valence-corrected chi connectivity index (χ3v) is 12.2. The zero-order valence-electron chi connectivity index (χ0n) is 27.1. The molecule has 3 amide bonds. The van der Waals surface area contributed by atoms with Crippen molar-refractivity contribution >= 4 is 64.7 Å². The Labute approximate surface area is 281 Å². The predicted molar refractivity (Wildman–Crippen MR) is 192 cm³/mol. The Morgan fingerprint density at radius 3 is 2.35 bits per heavy atom. The topological polar surface area (TPSA) is 125 Å². The van der Waals surface area contributed by atoms with Crippen LogP contribution in [0.15, 0.2) is 48.5 Å². The summed E-state index contributed by atoms with van der Waals surface area (Å²) in [6, 6.07) is 15.8. The first kappa shape index (κ1) is 37.9. The van der Waals surface area contributed by atoms with Gasteiger partial charge in [-0.25, -0.2) is 0 Å². The van der Waals surface area contributed by atoms with Crippen LogP contribution in [0.4, 0.5) is 5.69 Å². The van der Waals surface area contributed by atoms with Crippen LogP contribution in [0.25, 0.3) is 12.2 Å². The Morgan fingerprint density at radius 1 is 0.891 bits per heavy atom. The summed E-state index contributed by atoms with van der Waals surface area (Å²) in [4.78, 5) is 49.5. The molecule has 0 saturated carbocycles. The van der Waals surface area contributed by atoms with Gasteiger partial charge in [0.25, 0.3) is 0 Å². The number of hydrogen-bond donors (Lipinski definition) is 3. The molecule has 0 bridgehead atoms. The number of unbranched alkanes of at least 4 members (excludes halogenated alkanes) is 3. The molecule has 1 heterocycles. The number of anilines is 1. The van der Waals surface area contributed by atoms with E-state index in [1.807, 2.05) is 61.5 Å². The van der Waals surface area contributed by atoms with Crippen molar-refractivity contribution < 1.29 is 28.4 Å². The molecule has 12 heteroatoms. The first-order chi connectivity index (χ1) is 22.1. The van der Waals surface area contributed by atoms with Gasteiger partial charge in [-0.3, -0.25) is 18.9 Å². The summed E-state index contributed by atoms with van der Waals surface area (Å²) in [6.07, 6.45) is 8.14. The summed E-state index contributed by atoms with van der Waals surface area (Å²) < 4.78 is 16.9. The number of para-hydroxylation sites is 1. The largest absolute Gasteiger partial charge is 0.356 e. The molecule has 2 atom stereocenters. The molecular formula is C34H48N3O6PS2. The van der Waals surface area contributed by atoms with Gasteiger partial charge in [0.15, 0.2) is 0 Å². The molecule has 0 radical (unpaired) electrons. The van der Waals surface area contributed by atoms with Crippen molar-refractivity contribution in [3.63, 3.8) is 0 Å². The third-order valence-electron chi connectivity index (χ3n) is 7.46. The Bertz CT molecular complexity index is 1370. The van der Waals surface area contributed by atoms with Gasteiger partial charge in [0.2, 0.25) is 17.7 Å². The maximum atomic E-state index is 13.3. The van der Waals surface area contributed by atoms with Gasteiger partial charge in [0.1, 0.15) is 0 Å². The molecule has 2 aromatic carbocycles. The number of carbonyl (C=O) groups is 3. The summed E-state index contributed by atoms with van der Waals surface area (Å²) in [5.74, 6) is 0.480. The van der Waals surface area contributed by atoms with Crippen molar-refractivity contribution in [3.05, 3.63) is 65.2 Å². The van der Waals surface area contributed by atoms with Crippen LogP contribution in [-0.2, 0) is 30.0 Å². The third kappa shape index (κ3) is 13.3. The molecule has 0 aromatic heterocycles. The van der Waals surface area contributed by atoms with Crippen molar-refractivity contribution in [3.8, 4) is 0 Å². The maximum Gasteiger partial charge on any atom is 0.330 e. The molecule has 2 aromatic rings. The lowest BCUT2D eigenvalue weighted by molar-refractivity contribution is -0.125. The van der Waals surface area contributed by atoms with Crippen LogP contribution < -0.4 is 15.5 Å². The highest BCUT2D eigenvalue weighted by Crippen LogP contribution is 2.47. The predicted octanol–water partition coefficient (Wildman–Crippen LogP) is 7.05. The standard InChI is InChI=1S/C34H48N3O6PS2/c1-26(2)44(41,42)43-22-11-5-4-10-20-35-33(39)24-27(3)46-45-23-21-36-32(38)18-19-34(40)37-25-30-14-7-6-12-28(30)16-17-29-13-8-9-15-31(29)37/h6-9,12-17,26-27H,4-5,10-11,18-25H2,1-3H3,(H,35,39)(H,36,38)(H,41,42)/b17-16-. The number of fused-ring (bicyclic) bond motifs is 2. The zero-order valence-corrected chi connectivity index (χ0v) is 29.6. The fourth-order valence-electron chi connectivity index (χ4n) is 4.73. The van der Waals surface area contributed by atoms with E-state index in [1.165, 1.54) is 0 Å². The Kier molecular flexibility index (Phi) is 16.4. The monoisotopic (exact) mass is 689 g/mol. The quantitative estimate of drug-likeness (QED) is 0.0815. The Morgan fingerprint density at radius 2 is 1.57 bits per heavy atom. The normalized spacial score (nSPS) is 15.1. The summed E-state index contributed by atoms with van der Waals surface area (Å²) in [7, 11) is -0.253. The second-order valence-corrected chi connectivity index (χ2v) is 17.0. The van der Waals surface area contributed by atoms with E-state index in [9.17, 15) is 23.8 Å². The van der Waals surface area contributed by atoms with Crippen LogP contribution in [0.3, 0.4) is 0 Å². The summed E-state index contributed by atoms with van der Waals surface area (Å²) in [5, 5.41) is 6.00. The molecule has 3 N–H and O–H groups in total. The molecular weight excluding hydrogens is 641 g/mol. The van der Waals surface area contributed by atoms with Crippen molar-refractivity contribution in [2.45, 2.75) is 83.2 Å². The van der Waals surface area contributed by atoms with Crippen molar-refractivity contribution in [2.75, 3.05) is 30.3 Å². The Hall–Kier alpha value is -2.56. The first-order valence-corrected chi connectivity index (χ1v) is 20.0. The van der Waals surface area contributed by atoms with Crippen LogP contribution >= 0.6 is 29.2 Å². The van der Waals surface area contributed by atoms with E-state index in [0.29, 0.717) is 31.8 Å². The minimum atomic E-state index is -3.49. The number of amides is 3. The smallest absolute Gasteiger partial charge is 0.330 e. The lowest BCUT2D eigenvalue weighted by Gasteiger charge is -2.27. The molecule has 0 fully saturated rings. The van der Waals surface area contributed by atoms with Gasteiger partial charge in [0.05, 0.1) is 24.5 Å². The fourth-order valence-corrected chi connectivity index (χ4v) is 7.59. The second-order valence-electron chi connectivity index (χ2n) is 11.6. The molecule has 1 aliphatic heterocycles. The average Bonchev–Trinajstić information content (AvgIpc) is 3.02. The first-order valence-electron chi connectivity index (χ1n) is 16.0. The highest BCUT2D eigenvalue weighted by molar-refractivity contribution is 8.76. The van der Waals surface area contributed by atoms with Crippen LogP contribution in [0.1, 0.15) is 82.4 Å². The summed E-state index contributed by atoms with van der Waals surface area (Å²) in [5.41, 5.74) is 3.55. The molecule has 252 valence electrons. The van der Waals surface area contributed by atoms with E-state index in [0.717, 1.165) is 48.1 Å². The molecule has 3 rings (SSSR count). The van der Waals surface area contributed by atoms with Crippen LogP contribution in [-0.4, -0.2) is 59.0 Å². The molecule has 46 heavy (non-hydrogen) atoms. The Balaban J connectivity index is 1.25. The second kappa shape index (κ2) is 20.0. The van der Waals surface area contributed by atoms with Gasteiger partial charge in [-0.05, 0) is 35.6 Å². The lowest BCUT2D eigenvalue weighted by Crippen LogP contribution is -2.33. The maximum absolute atomic E-state index is 13.3. The molecule has 0 spiro atoms. The van der Waals surface area contributed by atoms with E-state index < -0.39 is 13.3 Å².